The van der Waals surface area contributed by atoms with E-state index in [0.717, 1.165) is 34.9 Å². The van der Waals surface area contributed by atoms with Crippen molar-refractivity contribution in [3.8, 4) is 17.2 Å². The van der Waals surface area contributed by atoms with Gasteiger partial charge in [-0.3, -0.25) is 9.69 Å². The van der Waals surface area contributed by atoms with Crippen LogP contribution >= 0.6 is 27.3 Å². The molecule has 138 valence electrons. The van der Waals surface area contributed by atoms with Gasteiger partial charge in [0.1, 0.15) is 3.79 Å². The van der Waals surface area contributed by atoms with Gasteiger partial charge in [0.25, 0.3) is 5.91 Å². The van der Waals surface area contributed by atoms with Gasteiger partial charge in [-0.2, -0.15) is 0 Å². The molecule has 1 fully saturated rings. The maximum absolute atomic E-state index is 12.8. The summed E-state index contributed by atoms with van der Waals surface area (Å²) >= 11 is 4.90. The van der Waals surface area contributed by atoms with Crippen molar-refractivity contribution in [2.75, 3.05) is 40.1 Å². The molecule has 2 aliphatic rings. The van der Waals surface area contributed by atoms with E-state index in [1.54, 1.807) is 7.11 Å². The zero-order valence-corrected chi connectivity index (χ0v) is 16.8. The van der Waals surface area contributed by atoms with Crippen molar-refractivity contribution < 1.29 is 19.0 Å². The third kappa shape index (κ3) is 3.41. The lowest BCUT2D eigenvalue weighted by Gasteiger charge is -2.34. The number of thiophene rings is 1. The van der Waals surface area contributed by atoms with Crippen LogP contribution in [0.5, 0.6) is 17.2 Å². The SMILES string of the molecule is COc1c(C(=O)N2CCN(Cc3ccc4c(c3)OCO4)CC2)csc1Br. The van der Waals surface area contributed by atoms with Gasteiger partial charge in [0.15, 0.2) is 17.2 Å². The van der Waals surface area contributed by atoms with Crippen LogP contribution in [0.4, 0.5) is 0 Å². The first kappa shape index (κ1) is 17.6. The summed E-state index contributed by atoms with van der Waals surface area (Å²) in [6.45, 7) is 4.23. The second kappa shape index (κ2) is 7.46. The highest BCUT2D eigenvalue weighted by molar-refractivity contribution is 9.11. The Balaban J connectivity index is 1.36. The standard InChI is InChI=1S/C18H19BrN2O4S/c1-23-16-13(10-26-17(16)19)18(22)21-6-4-20(5-7-21)9-12-2-3-14-15(8-12)25-11-24-14/h2-3,8,10H,4-7,9,11H2,1H3. The van der Waals surface area contributed by atoms with Crippen LogP contribution in [0, 0.1) is 0 Å². The molecule has 0 atom stereocenters. The number of hydrogen-bond donors (Lipinski definition) is 0. The number of halogens is 1. The highest BCUT2D eigenvalue weighted by atomic mass is 79.9. The largest absolute Gasteiger partial charge is 0.494 e. The predicted octanol–water partition coefficient (Wildman–Crippen LogP) is 3.21. The van der Waals surface area contributed by atoms with Gasteiger partial charge in [-0.1, -0.05) is 6.07 Å². The summed E-state index contributed by atoms with van der Waals surface area (Å²) in [5.74, 6) is 2.28. The number of hydrogen-bond acceptors (Lipinski definition) is 6. The quantitative estimate of drug-likeness (QED) is 0.733. The fourth-order valence-corrected chi connectivity index (χ4v) is 4.62. The molecule has 0 spiro atoms. The number of carbonyl (C=O) groups is 1. The summed E-state index contributed by atoms with van der Waals surface area (Å²) in [5, 5.41) is 1.85. The lowest BCUT2D eigenvalue weighted by Crippen LogP contribution is -2.48. The number of carbonyl (C=O) groups excluding carboxylic acids is 1. The van der Waals surface area contributed by atoms with Crippen LogP contribution in [0.2, 0.25) is 0 Å². The van der Waals surface area contributed by atoms with Crippen molar-refractivity contribution in [2.45, 2.75) is 6.54 Å². The second-order valence-corrected chi connectivity index (χ2v) is 8.41. The Hall–Kier alpha value is -1.77. The lowest BCUT2D eigenvalue weighted by molar-refractivity contribution is 0.0626. The zero-order chi connectivity index (χ0) is 18.1. The highest BCUT2D eigenvalue weighted by Gasteiger charge is 2.26. The molecule has 1 aromatic heterocycles. The normalized spacial score (nSPS) is 16.8. The molecule has 0 aliphatic carbocycles. The molecule has 4 rings (SSSR count). The average Bonchev–Trinajstić information content (AvgIpc) is 3.27. The van der Waals surface area contributed by atoms with E-state index in [-0.39, 0.29) is 5.91 Å². The Bertz CT molecular complexity index is 818. The maximum atomic E-state index is 12.8. The third-order valence-electron chi connectivity index (χ3n) is 4.64. The first-order chi connectivity index (χ1) is 12.7. The van der Waals surface area contributed by atoms with E-state index < -0.39 is 0 Å². The van der Waals surface area contributed by atoms with E-state index >= 15 is 0 Å². The van der Waals surface area contributed by atoms with Crippen molar-refractivity contribution in [2.24, 2.45) is 0 Å². The smallest absolute Gasteiger partial charge is 0.258 e. The molecule has 3 heterocycles. The van der Waals surface area contributed by atoms with Crippen LogP contribution in [0.15, 0.2) is 27.4 Å². The van der Waals surface area contributed by atoms with Crippen LogP contribution in [-0.2, 0) is 6.54 Å². The topological polar surface area (TPSA) is 51.2 Å². The first-order valence-electron chi connectivity index (χ1n) is 8.37. The van der Waals surface area contributed by atoms with Crippen molar-refractivity contribution in [3.63, 3.8) is 0 Å². The minimum absolute atomic E-state index is 0.0338. The summed E-state index contributed by atoms with van der Waals surface area (Å²) in [6.07, 6.45) is 0. The molecule has 8 heteroatoms. The fraction of sp³-hybridized carbons (Fsp3) is 0.389. The Labute approximate surface area is 164 Å². The van der Waals surface area contributed by atoms with Gasteiger partial charge in [0.2, 0.25) is 6.79 Å². The second-order valence-electron chi connectivity index (χ2n) is 6.21. The first-order valence-corrected chi connectivity index (χ1v) is 10.0. The van der Waals surface area contributed by atoms with Crippen molar-refractivity contribution in [3.05, 3.63) is 38.5 Å². The minimum Gasteiger partial charge on any atom is -0.494 e. The van der Waals surface area contributed by atoms with E-state index in [2.05, 4.69) is 26.9 Å². The Kier molecular flexibility index (Phi) is 5.06. The van der Waals surface area contributed by atoms with Crippen LogP contribution in [0.25, 0.3) is 0 Å². The number of nitrogens with zero attached hydrogens (tertiary/aromatic N) is 2. The summed E-state index contributed by atoms with van der Waals surface area (Å²) < 4.78 is 17.0. The molecule has 1 saturated heterocycles. The molecule has 1 aromatic carbocycles. The Morgan fingerprint density at radius 3 is 2.77 bits per heavy atom. The minimum atomic E-state index is 0.0338. The number of amides is 1. The third-order valence-corrected chi connectivity index (χ3v) is 6.31. The number of benzene rings is 1. The van der Waals surface area contributed by atoms with E-state index in [1.807, 2.05) is 22.4 Å². The van der Waals surface area contributed by atoms with Crippen LogP contribution < -0.4 is 14.2 Å². The van der Waals surface area contributed by atoms with Crippen LogP contribution in [-0.4, -0.2) is 55.8 Å². The lowest BCUT2D eigenvalue weighted by atomic mass is 10.1. The molecule has 0 bridgehead atoms. The summed E-state index contributed by atoms with van der Waals surface area (Å²) in [5.41, 5.74) is 1.83. The van der Waals surface area contributed by atoms with Crippen LogP contribution in [0.3, 0.4) is 0 Å². The van der Waals surface area contributed by atoms with E-state index in [1.165, 1.54) is 16.9 Å². The molecule has 1 amide bonds. The molecular formula is C18H19BrN2O4S. The van der Waals surface area contributed by atoms with Gasteiger partial charge in [-0.25, -0.2) is 0 Å². The van der Waals surface area contributed by atoms with E-state index in [9.17, 15) is 4.79 Å². The number of methoxy groups -OCH3 is 1. The van der Waals surface area contributed by atoms with Gasteiger partial charge in [0.05, 0.1) is 12.7 Å². The number of rotatable bonds is 4. The number of ether oxygens (including phenoxy) is 3. The molecule has 26 heavy (non-hydrogen) atoms. The van der Waals surface area contributed by atoms with Crippen molar-refractivity contribution in [1.29, 1.82) is 0 Å². The number of fused-ring (bicyclic) bond motifs is 1. The van der Waals surface area contributed by atoms with Gasteiger partial charge >= 0.3 is 0 Å². The molecular weight excluding hydrogens is 420 g/mol. The molecule has 2 aromatic rings. The summed E-state index contributed by atoms with van der Waals surface area (Å²) in [6, 6.07) is 6.06. The van der Waals surface area contributed by atoms with Crippen LogP contribution in [0.1, 0.15) is 15.9 Å². The molecule has 0 unspecified atom stereocenters. The monoisotopic (exact) mass is 438 g/mol. The van der Waals surface area contributed by atoms with Gasteiger partial charge in [-0.15, -0.1) is 11.3 Å². The molecule has 0 radical (unpaired) electrons. The fourth-order valence-electron chi connectivity index (χ4n) is 3.24. The molecule has 0 saturated carbocycles. The molecule has 6 nitrogen and oxygen atoms in total. The van der Waals surface area contributed by atoms with Gasteiger partial charge in [0, 0.05) is 38.1 Å². The zero-order valence-electron chi connectivity index (χ0n) is 14.4. The Morgan fingerprint density at radius 2 is 2.00 bits per heavy atom. The van der Waals surface area contributed by atoms with Gasteiger partial charge in [-0.05, 0) is 33.6 Å². The number of piperazine rings is 1. The molecule has 2 aliphatic heterocycles. The summed E-state index contributed by atoms with van der Waals surface area (Å²) in [7, 11) is 1.59. The summed E-state index contributed by atoms with van der Waals surface area (Å²) in [4.78, 5) is 17.0. The van der Waals surface area contributed by atoms with E-state index in [4.69, 9.17) is 14.2 Å². The van der Waals surface area contributed by atoms with Crippen molar-refractivity contribution in [1.82, 2.24) is 9.80 Å². The average molecular weight is 439 g/mol. The molecule has 0 N–H and O–H groups in total. The van der Waals surface area contributed by atoms with Gasteiger partial charge < -0.3 is 19.1 Å². The predicted molar refractivity (Wildman–Crippen MR) is 102 cm³/mol. The highest BCUT2D eigenvalue weighted by Crippen LogP contribution is 2.36. The van der Waals surface area contributed by atoms with Crippen molar-refractivity contribution >= 4 is 33.2 Å². The van der Waals surface area contributed by atoms with E-state index in [0.29, 0.717) is 31.2 Å². The Morgan fingerprint density at radius 1 is 1.23 bits per heavy atom. The maximum Gasteiger partial charge on any atom is 0.258 e.